The van der Waals surface area contributed by atoms with Gasteiger partial charge in [0.2, 0.25) is 0 Å². The van der Waals surface area contributed by atoms with Crippen LogP contribution >= 0.6 is 0 Å². The van der Waals surface area contributed by atoms with E-state index in [0.29, 0.717) is 29.4 Å². The highest BCUT2D eigenvalue weighted by Gasteiger charge is 2.13. The molecule has 3 N–H and O–H groups in total. The summed E-state index contributed by atoms with van der Waals surface area (Å²) in [6.45, 7) is 4.63. The van der Waals surface area contributed by atoms with Gasteiger partial charge in [-0.15, -0.1) is 0 Å². The molecule has 4 rings (SSSR count). The van der Waals surface area contributed by atoms with Gasteiger partial charge >= 0.3 is 0 Å². The lowest BCUT2D eigenvalue weighted by Crippen LogP contribution is -2.24. The van der Waals surface area contributed by atoms with Crippen LogP contribution in [-0.2, 0) is 0 Å². The van der Waals surface area contributed by atoms with Crippen LogP contribution in [0.5, 0.6) is 0 Å². The Morgan fingerprint density at radius 3 is 2.46 bits per heavy atom. The quantitative estimate of drug-likeness (QED) is 0.236. The van der Waals surface area contributed by atoms with Gasteiger partial charge in [0.1, 0.15) is 11.6 Å². The standard InChI is InChI=1S/C27H31N5O3/c1-3-4-5-6-7-8-15-28-26(33)20-11-14-22-23(17-20)31-25(30-22)19-9-12-21(13-10-19)29-27(34)24-16-18(2)35-32-24/h9-14,16-17H,3-8,15H2,1-2H3,(H,28,33)(H,29,34)(H,30,31). The number of carbonyl (C=O) groups is 2. The van der Waals surface area contributed by atoms with Crippen molar-refractivity contribution in [3.63, 3.8) is 0 Å². The number of unbranched alkanes of at least 4 members (excludes halogenated alkanes) is 5. The molecule has 2 amide bonds. The van der Waals surface area contributed by atoms with Gasteiger partial charge in [-0.25, -0.2) is 4.98 Å². The molecular formula is C27H31N5O3. The van der Waals surface area contributed by atoms with E-state index in [4.69, 9.17) is 4.52 Å². The highest BCUT2D eigenvalue weighted by atomic mass is 16.5. The fraction of sp³-hybridized carbons (Fsp3) is 0.333. The lowest BCUT2D eigenvalue weighted by atomic mass is 10.1. The first-order valence-corrected chi connectivity index (χ1v) is 12.2. The third-order valence-electron chi connectivity index (χ3n) is 5.84. The van der Waals surface area contributed by atoms with Gasteiger partial charge in [0.25, 0.3) is 11.8 Å². The zero-order valence-electron chi connectivity index (χ0n) is 20.2. The molecule has 2 heterocycles. The molecule has 35 heavy (non-hydrogen) atoms. The first kappa shape index (κ1) is 24.2. The zero-order chi connectivity index (χ0) is 24.6. The minimum Gasteiger partial charge on any atom is -0.361 e. The van der Waals surface area contributed by atoms with Crippen molar-refractivity contribution in [3.8, 4) is 11.4 Å². The summed E-state index contributed by atoms with van der Waals surface area (Å²) in [6.07, 6.45) is 7.15. The number of hydrogen-bond donors (Lipinski definition) is 3. The number of imidazole rings is 1. The van der Waals surface area contributed by atoms with Crippen LogP contribution in [0.25, 0.3) is 22.4 Å². The molecule has 0 saturated carbocycles. The molecule has 2 aromatic heterocycles. The number of amides is 2. The van der Waals surface area contributed by atoms with Crippen molar-refractivity contribution in [3.05, 3.63) is 65.5 Å². The maximum absolute atomic E-state index is 12.5. The second-order valence-electron chi connectivity index (χ2n) is 8.70. The summed E-state index contributed by atoms with van der Waals surface area (Å²) in [5.74, 6) is 0.864. The van der Waals surface area contributed by atoms with E-state index in [1.807, 2.05) is 24.3 Å². The topological polar surface area (TPSA) is 113 Å². The van der Waals surface area contributed by atoms with Crippen LogP contribution in [0.4, 0.5) is 5.69 Å². The first-order chi connectivity index (χ1) is 17.0. The highest BCUT2D eigenvalue weighted by Crippen LogP contribution is 2.23. The van der Waals surface area contributed by atoms with Crippen molar-refractivity contribution >= 4 is 28.5 Å². The molecule has 0 bridgehead atoms. The molecule has 0 aliphatic heterocycles. The van der Waals surface area contributed by atoms with E-state index >= 15 is 0 Å². The molecule has 0 fully saturated rings. The van der Waals surface area contributed by atoms with Crippen LogP contribution in [0.3, 0.4) is 0 Å². The van der Waals surface area contributed by atoms with Gasteiger partial charge < -0.3 is 20.1 Å². The number of nitrogens with one attached hydrogen (secondary N) is 3. The summed E-state index contributed by atoms with van der Waals surface area (Å²) >= 11 is 0. The maximum atomic E-state index is 12.5. The Kier molecular flexibility index (Phi) is 7.92. The molecule has 0 aliphatic carbocycles. The maximum Gasteiger partial charge on any atom is 0.277 e. The highest BCUT2D eigenvalue weighted by molar-refractivity contribution is 6.03. The van der Waals surface area contributed by atoms with Gasteiger partial charge in [-0.3, -0.25) is 9.59 Å². The second-order valence-corrected chi connectivity index (χ2v) is 8.70. The van der Waals surface area contributed by atoms with Crippen LogP contribution in [0.15, 0.2) is 53.1 Å². The van der Waals surface area contributed by atoms with Crippen LogP contribution < -0.4 is 10.6 Å². The first-order valence-electron chi connectivity index (χ1n) is 12.2. The molecule has 182 valence electrons. The van der Waals surface area contributed by atoms with Crippen molar-refractivity contribution in [2.45, 2.75) is 52.4 Å². The Balaban J connectivity index is 1.35. The summed E-state index contributed by atoms with van der Waals surface area (Å²) < 4.78 is 4.94. The third kappa shape index (κ3) is 6.35. The van der Waals surface area contributed by atoms with Crippen LogP contribution in [-0.4, -0.2) is 33.5 Å². The van der Waals surface area contributed by atoms with Crippen LogP contribution in [0.1, 0.15) is 72.1 Å². The largest absolute Gasteiger partial charge is 0.361 e. The van der Waals surface area contributed by atoms with Gasteiger partial charge in [-0.2, -0.15) is 0 Å². The molecule has 0 saturated heterocycles. The van der Waals surface area contributed by atoms with E-state index in [-0.39, 0.29) is 17.5 Å². The number of aryl methyl sites for hydroxylation is 1. The minimum absolute atomic E-state index is 0.0704. The smallest absolute Gasteiger partial charge is 0.277 e. The third-order valence-corrected chi connectivity index (χ3v) is 5.84. The van der Waals surface area contributed by atoms with Gasteiger partial charge in [0.05, 0.1) is 11.0 Å². The number of benzene rings is 2. The molecular weight excluding hydrogens is 442 g/mol. The summed E-state index contributed by atoms with van der Waals surface area (Å²) in [6, 6.07) is 14.4. The lowest BCUT2D eigenvalue weighted by Gasteiger charge is -2.05. The van der Waals surface area contributed by atoms with Crippen molar-refractivity contribution in [2.24, 2.45) is 0 Å². The number of carbonyl (C=O) groups excluding carboxylic acids is 2. The average Bonchev–Trinajstić information content (AvgIpc) is 3.49. The Bertz CT molecular complexity index is 1290. The normalized spacial score (nSPS) is 11.0. The van der Waals surface area contributed by atoms with E-state index in [0.717, 1.165) is 29.4 Å². The summed E-state index contributed by atoms with van der Waals surface area (Å²) in [5, 5.41) is 9.53. The van der Waals surface area contributed by atoms with E-state index in [2.05, 4.69) is 32.7 Å². The average molecular weight is 474 g/mol. The van der Waals surface area contributed by atoms with Crippen molar-refractivity contribution < 1.29 is 14.1 Å². The molecule has 4 aromatic rings. The van der Waals surface area contributed by atoms with Crippen molar-refractivity contribution in [1.82, 2.24) is 20.4 Å². The summed E-state index contributed by atoms with van der Waals surface area (Å²) in [5.41, 5.74) is 3.93. The predicted octanol–water partition coefficient (Wildman–Crippen LogP) is 5.87. The number of H-pyrrole nitrogens is 1. The summed E-state index contributed by atoms with van der Waals surface area (Å²) in [7, 11) is 0. The van der Waals surface area contributed by atoms with E-state index in [1.165, 1.54) is 25.7 Å². The number of aromatic nitrogens is 3. The Labute approximate surface area is 204 Å². The minimum atomic E-state index is -0.333. The number of anilines is 1. The SMILES string of the molecule is CCCCCCCCNC(=O)c1ccc2nc(-c3ccc(NC(=O)c4cc(C)on4)cc3)[nH]c2c1. The van der Waals surface area contributed by atoms with Crippen molar-refractivity contribution in [1.29, 1.82) is 0 Å². The molecule has 8 heteroatoms. The molecule has 0 unspecified atom stereocenters. The van der Waals surface area contributed by atoms with E-state index in [1.54, 1.807) is 31.2 Å². The predicted molar refractivity (Wildman–Crippen MR) is 136 cm³/mol. The molecule has 0 atom stereocenters. The Hall–Kier alpha value is -3.94. The number of aromatic amines is 1. The molecule has 2 aromatic carbocycles. The molecule has 0 spiro atoms. The van der Waals surface area contributed by atoms with Crippen molar-refractivity contribution in [2.75, 3.05) is 11.9 Å². The fourth-order valence-corrected chi connectivity index (χ4v) is 3.88. The number of rotatable bonds is 11. The molecule has 0 aliphatic rings. The monoisotopic (exact) mass is 473 g/mol. The van der Waals surface area contributed by atoms with Crippen LogP contribution in [0, 0.1) is 6.92 Å². The number of nitrogens with zero attached hydrogens (tertiary/aromatic N) is 2. The second kappa shape index (κ2) is 11.5. The number of fused-ring (bicyclic) bond motifs is 1. The molecule has 0 radical (unpaired) electrons. The molecule has 8 nitrogen and oxygen atoms in total. The van der Waals surface area contributed by atoms with E-state index < -0.39 is 0 Å². The van der Waals surface area contributed by atoms with Gasteiger partial charge in [-0.1, -0.05) is 44.2 Å². The van der Waals surface area contributed by atoms with Gasteiger partial charge in [-0.05, 0) is 55.8 Å². The Morgan fingerprint density at radius 2 is 1.71 bits per heavy atom. The fourth-order valence-electron chi connectivity index (χ4n) is 3.88. The van der Waals surface area contributed by atoms with Gasteiger partial charge in [0, 0.05) is 29.4 Å². The zero-order valence-corrected chi connectivity index (χ0v) is 20.2. The Morgan fingerprint density at radius 1 is 0.943 bits per heavy atom. The summed E-state index contributed by atoms with van der Waals surface area (Å²) in [4.78, 5) is 32.7. The van der Waals surface area contributed by atoms with E-state index in [9.17, 15) is 9.59 Å². The van der Waals surface area contributed by atoms with Gasteiger partial charge in [0.15, 0.2) is 5.69 Å². The van der Waals surface area contributed by atoms with Crippen LogP contribution in [0.2, 0.25) is 0 Å². The number of hydrogen-bond acceptors (Lipinski definition) is 5. The lowest BCUT2D eigenvalue weighted by molar-refractivity contribution is 0.0952.